The van der Waals surface area contributed by atoms with Crippen LogP contribution in [0.3, 0.4) is 0 Å². The summed E-state index contributed by atoms with van der Waals surface area (Å²) in [6, 6.07) is 9.58. The molecular weight excluding hydrogens is 593 g/mol. The molecule has 0 atom stereocenters. The Morgan fingerprint density at radius 2 is 0.959 bits per heavy atom. The Kier molecular flexibility index (Phi) is 18.8. The fourth-order valence-corrected chi connectivity index (χ4v) is 7.52. The molecule has 2 aromatic rings. The monoisotopic (exact) mass is 663 g/mol. The first-order chi connectivity index (χ1) is 24.0. The summed E-state index contributed by atoms with van der Waals surface area (Å²) in [5, 5.41) is 0. The maximum atomic E-state index is 12.2. The van der Waals surface area contributed by atoms with Crippen molar-refractivity contribution in [3.63, 3.8) is 0 Å². The second-order valence-corrected chi connectivity index (χ2v) is 14.5. The van der Waals surface area contributed by atoms with Crippen LogP contribution < -0.4 is 0 Å². The van der Waals surface area contributed by atoms with E-state index in [9.17, 15) is 5.53 Å². The Bertz CT molecular complexity index is 1400. The quantitative estimate of drug-likeness (QED) is 0.0643. The van der Waals surface area contributed by atoms with Crippen LogP contribution in [-0.4, -0.2) is 4.70 Å². The van der Waals surface area contributed by atoms with Gasteiger partial charge in [-0.05, 0) is 122 Å². The number of nitrogens with zero attached hydrogens (tertiary/aromatic N) is 2. The van der Waals surface area contributed by atoms with Crippen molar-refractivity contribution in [2.75, 3.05) is 0 Å². The smallest absolute Gasteiger partial charge is 0.223 e. The zero-order valence-electron chi connectivity index (χ0n) is 32.8. The molecule has 0 N–H and O–H groups in total. The van der Waals surface area contributed by atoms with E-state index in [-0.39, 0.29) is 0 Å². The average Bonchev–Trinajstić information content (AvgIpc) is 3.43. The lowest BCUT2D eigenvalue weighted by molar-refractivity contribution is -0.344. The van der Waals surface area contributed by atoms with Gasteiger partial charge in [-0.3, -0.25) is 0 Å². The maximum Gasteiger partial charge on any atom is 0.223 e. The molecule has 0 radical (unpaired) electrons. The van der Waals surface area contributed by atoms with Crippen LogP contribution in [0, 0.1) is 11.8 Å². The molecule has 3 rings (SSSR count). The minimum atomic E-state index is 0.870. The number of hydrogen-bond acceptors (Lipinski definition) is 0. The lowest BCUT2D eigenvalue weighted by Gasteiger charge is -2.19. The fourth-order valence-electron chi connectivity index (χ4n) is 7.52. The van der Waals surface area contributed by atoms with Gasteiger partial charge in [-0.1, -0.05) is 131 Å². The van der Waals surface area contributed by atoms with Crippen LogP contribution in [0.1, 0.15) is 196 Å². The Hall–Kier alpha value is -2.92. The third-order valence-corrected chi connectivity index (χ3v) is 10.2. The van der Waals surface area contributed by atoms with Gasteiger partial charge in [0.25, 0.3) is 0 Å². The molecule has 0 aliphatic carbocycles. The van der Waals surface area contributed by atoms with Crippen molar-refractivity contribution in [3.8, 4) is 11.8 Å². The normalized spacial score (nSPS) is 12.9. The largest absolute Gasteiger partial charge is 0.493 e. The van der Waals surface area contributed by atoms with Gasteiger partial charge in [0.1, 0.15) is 5.57 Å². The number of aryl methyl sites for hydroxylation is 4. The summed E-state index contributed by atoms with van der Waals surface area (Å²) in [6.07, 6.45) is 27.9. The van der Waals surface area contributed by atoms with Crippen molar-refractivity contribution < 1.29 is 4.70 Å². The topological polar surface area (TPSA) is 25.3 Å². The number of hydrogen-bond donors (Lipinski definition) is 0. The summed E-state index contributed by atoms with van der Waals surface area (Å²) < 4.78 is 1.50. The van der Waals surface area contributed by atoms with Gasteiger partial charge in [-0.15, -0.1) is 0 Å². The van der Waals surface area contributed by atoms with Crippen LogP contribution in [0.2, 0.25) is 0 Å². The first-order valence-electron chi connectivity index (χ1n) is 20.7. The molecule has 268 valence electrons. The van der Waals surface area contributed by atoms with E-state index in [0.717, 1.165) is 98.7 Å². The SMILES string of the molecule is CCCCCCCCC#CC1=C(c2cc(CCCC)c(CCCC)c(CCCC)c2)[N+](=[N-])C(c2cc(CCC)c(CCC)c(CCC)c2)=C1. The highest BCUT2D eigenvalue weighted by Gasteiger charge is 2.30. The first-order valence-corrected chi connectivity index (χ1v) is 20.7. The van der Waals surface area contributed by atoms with Crippen LogP contribution in [0.25, 0.3) is 16.9 Å². The van der Waals surface area contributed by atoms with Gasteiger partial charge < -0.3 is 5.53 Å². The van der Waals surface area contributed by atoms with Crippen molar-refractivity contribution in [2.24, 2.45) is 0 Å². The second kappa shape index (κ2) is 22.7. The van der Waals surface area contributed by atoms with Crippen molar-refractivity contribution in [1.82, 2.24) is 0 Å². The van der Waals surface area contributed by atoms with Crippen LogP contribution in [0.4, 0.5) is 0 Å². The number of rotatable bonds is 23. The molecule has 2 nitrogen and oxygen atoms in total. The van der Waals surface area contributed by atoms with Gasteiger partial charge in [-0.25, -0.2) is 4.70 Å². The van der Waals surface area contributed by atoms with Gasteiger partial charge >= 0.3 is 0 Å². The molecular formula is C47H70N2. The van der Waals surface area contributed by atoms with E-state index in [0.29, 0.717) is 0 Å². The average molecular weight is 663 g/mol. The molecule has 2 aromatic carbocycles. The summed E-state index contributed by atoms with van der Waals surface area (Å²) in [6.45, 7) is 16.0. The third-order valence-electron chi connectivity index (χ3n) is 10.2. The highest BCUT2D eigenvalue weighted by molar-refractivity contribution is 5.82. The lowest BCUT2D eigenvalue weighted by atomic mass is 9.88. The molecule has 0 bridgehead atoms. The van der Waals surface area contributed by atoms with Crippen LogP contribution in [-0.2, 0) is 38.5 Å². The van der Waals surface area contributed by atoms with Gasteiger partial charge in [0, 0.05) is 23.6 Å². The predicted molar refractivity (Wildman–Crippen MR) is 215 cm³/mol. The lowest BCUT2D eigenvalue weighted by Crippen LogP contribution is -2.08. The number of benzene rings is 2. The summed E-state index contributed by atoms with van der Waals surface area (Å²) in [4.78, 5) is 0. The predicted octanol–water partition coefficient (Wildman–Crippen LogP) is 14.1. The van der Waals surface area contributed by atoms with E-state index in [1.807, 2.05) is 0 Å². The van der Waals surface area contributed by atoms with E-state index in [2.05, 4.69) is 90.6 Å². The molecule has 1 aliphatic rings. The summed E-state index contributed by atoms with van der Waals surface area (Å²) in [5.41, 5.74) is 26.2. The molecule has 0 saturated carbocycles. The minimum absolute atomic E-state index is 0.870. The zero-order valence-corrected chi connectivity index (χ0v) is 32.8. The van der Waals surface area contributed by atoms with Crippen LogP contribution in [0.15, 0.2) is 35.9 Å². The molecule has 0 fully saturated rings. The highest BCUT2D eigenvalue weighted by Crippen LogP contribution is 2.39. The molecule has 49 heavy (non-hydrogen) atoms. The number of allylic oxidation sites excluding steroid dienone is 2. The summed E-state index contributed by atoms with van der Waals surface area (Å²) in [7, 11) is 0. The highest BCUT2D eigenvalue weighted by atomic mass is 15.2. The summed E-state index contributed by atoms with van der Waals surface area (Å²) in [5.74, 6) is 7.15. The van der Waals surface area contributed by atoms with Gasteiger partial charge in [0.05, 0.1) is 0 Å². The van der Waals surface area contributed by atoms with Crippen molar-refractivity contribution in [1.29, 1.82) is 0 Å². The second-order valence-electron chi connectivity index (χ2n) is 14.5. The molecule has 2 heteroatoms. The van der Waals surface area contributed by atoms with Gasteiger partial charge in [0.2, 0.25) is 11.4 Å². The fraction of sp³-hybridized carbons (Fsp3) is 0.617. The van der Waals surface area contributed by atoms with Gasteiger partial charge in [-0.2, -0.15) is 0 Å². The van der Waals surface area contributed by atoms with Crippen molar-refractivity contribution >= 4 is 11.4 Å². The van der Waals surface area contributed by atoms with Crippen molar-refractivity contribution in [2.45, 2.75) is 190 Å². The third kappa shape index (κ3) is 11.8. The van der Waals surface area contributed by atoms with Crippen LogP contribution in [0.5, 0.6) is 0 Å². The Morgan fingerprint density at radius 3 is 1.51 bits per heavy atom. The summed E-state index contributed by atoms with van der Waals surface area (Å²) >= 11 is 0. The Balaban J connectivity index is 2.17. The Labute approximate surface area is 302 Å². The minimum Gasteiger partial charge on any atom is -0.493 e. The standard InChI is InChI=1S/C47H70N2/c1-8-15-19-20-21-22-23-24-30-41-36-46(42-32-37(25-12-5)44(27-14-7)38(33-42)26-13-6)49(48)47(41)43-34-39(28-16-9-2)45(31-18-11-4)40(35-43)29-17-10-3/h32-36H,8-23,25-29,31H2,1-7H3. The van der Waals surface area contributed by atoms with E-state index in [4.69, 9.17) is 0 Å². The first kappa shape index (κ1) is 40.5. The van der Waals surface area contributed by atoms with E-state index >= 15 is 0 Å². The maximum absolute atomic E-state index is 12.2. The molecule has 1 aliphatic heterocycles. The molecule has 0 spiro atoms. The zero-order chi connectivity index (χ0) is 35.4. The van der Waals surface area contributed by atoms with E-state index < -0.39 is 0 Å². The van der Waals surface area contributed by atoms with Crippen molar-refractivity contribution in [3.05, 3.63) is 86.0 Å². The van der Waals surface area contributed by atoms with Gasteiger partial charge in [0.15, 0.2) is 0 Å². The van der Waals surface area contributed by atoms with Crippen LogP contribution >= 0.6 is 0 Å². The molecule has 1 heterocycles. The van der Waals surface area contributed by atoms with E-state index in [1.165, 1.54) is 103 Å². The molecule has 0 aromatic heterocycles. The molecule has 0 saturated heterocycles. The van der Waals surface area contributed by atoms with E-state index in [1.54, 1.807) is 5.56 Å². The molecule has 0 unspecified atom stereocenters. The number of unbranched alkanes of at least 4 members (excludes halogenated alkanes) is 9. The Morgan fingerprint density at radius 1 is 0.490 bits per heavy atom. The molecule has 0 amide bonds.